The summed E-state index contributed by atoms with van der Waals surface area (Å²) < 4.78 is 5.41. The molecule has 1 rings (SSSR count). The highest BCUT2D eigenvalue weighted by Crippen LogP contribution is 2.08. The number of carbonyl (C=O) groups is 1. The van der Waals surface area contributed by atoms with Gasteiger partial charge in [-0.15, -0.1) is 0 Å². The van der Waals surface area contributed by atoms with Gasteiger partial charge in [-0.2, -0.15) is 0 Å². The standard InChI is InChI=1S/C14H21NO3/c1-11(2)13(16)10-15-14(17)8-9-18-12-6-4-3-5-7-12/h3-7,11,13,16H,8-10H2,1-2H3,(H,15,17). The summed E-state index contributed by atoms with van der Waals surface area (Å²) in [6.07, 6.45) is -0.205. The molecule has 4 nitrogen and oxygen atoms in total. The minimum absolute atomic E-state index is 0.106. The molecule has 0 aliphatic heterocycles. The third-order valence-electron chi connectivity index (χ3n) is 2.62. The van der Waals surface area contributed by atoms with Crippen molar-refractivity contribution in [1.82, 2.24) is 5.32 Å². The Balaban J connectivity index is 2.14. The summed E-state index contributed by atoms with van der Waals surface area (Å²) >= 11 is 0. The molecule has 0 saturated carbocycles. The smallest absolute Gasteiger partial charge is 0.223 e. The normalized spacial score (nSPS) is 12.2. The number of hydrogen-bond donors (Lipinski definition) is 2. The first kappa shape index (κ1) is 14.5. The Morgan fingerprint density at radius 1 is 1.33 bits per heavy atom. The fraction of sp³-hybridized carbons (Fsp3) is 0.500. The van der Waals surface area contributed by atoms with E-state index >= 15 is 0 Å². The highest BCUT2D eigenvalue weighted by molar-refractivity contribution is 5.76. The van der Waals surface area contributed by atoms with Crippen LogP contribution in [0.15, 0.2) is 30.3 Å². The van der Waals surface area contributed by atoms with E-state index in [1.807, 2.05) is 44.2 Å². The third kappa shape index (κ3) is 5.68. The summed E-state index contributed by atoms with van der Waals surface area (Å²) in [6, 6.07) is 9.37. The molecule has 0 spiro atoms. The Morgan fingerprint density at radius 3 is 2.61 bits per heavy atom. The average Bonchev–Trinajstić information content (AvgIpc) is 2.37. The maximum atomic E-state index is 11.5. The highest BCUT2D eigenvalue weighted by Gasteiger charge is 2.10. The summed E-state index contributed by atoms with van der Waals surface area (Å²) in [5.41, 5.74) is 0. The lowest BCUT2D eigenvalue weighted by atomic mass is 10.1. The molecule has 1 aromatic rings. The van der Waals surface area contributed by atoms with Crippen LogP contribution in [0.3, 0.4) is 0 Å². The third-order valence-corrected chi connectivity index (χ3v) is 2.62. The minimum atomic E-state index is -0.496. The number of amides is 1. The zero-order valence-corrected chi connectivity index (χ0v) is 10.9. The van der Waals surface area contributed by atoms with E-state index in [-0.39, 0.29) is 11.8 Å². The Labute approximate surface area is 108 Å². The van der Waals surface area contributed by atoms with Gasteiger partial charge in [-0.1, -0.05) is 32.0 Å². The molecule has 1 atom stereocenters. The van der Waals surface area contributed by atoms with Gasteiger partial charge in [0.25, 0.3) is 0 Å². The Kier molecular flexibility index (Phi) is 6.22. The summed E-state index contributed by atoms with van der Waals surface area (Å²) in [4.78, 5) is 11.5. The molecule has 100 valence electrons. The molecule has 0 aromatic heterocycles. The van der Waals surface area contributed by atoms with E-state index in [9.17, 15) is 9.90 Å². The molecule has 0 saturated heterocycles. The maximum Gasteiger partial charge on any atom is 0.223 e. The molecular formula is C14H21NO3. The fourth-order valence-corrected chi connectivity index (χ4v) is 1.32. The number of aliphatic hydroxyl groups is 1. The molecule has 4 heteroatoms. The van der Waals surface area contributed by atoms with E-state index in [1.165, 1.54) is 0 Å². The van der Waals surface area contributed by atoms with Crippen molar-refractivity contribution in [3.05, 3.63) is 30.3 Å². The number of carbonyl (C=O) groups excluding carboxylic acids is 1. The lowest BCUT2D eigenvalue weighted by Crippen LogP contribution is -2.35. The zero-order valence-electron chi connectivity index (χ0n) is 10.9. The van der Waals surface area contributed by atoms with Crippen LogP contribution in [0.1, 0.15) is 20.3 Å². The molecule has 0 aliphatic rings. The number of benzene rings is 1. The number of hydrogen-bond acceptors (Lipinski definition) is 3. The molecule has 2 N–H and O–H groups in total. The largest absolute Gasteiger partial charge is 0.493 e. The first-order valence-electron chi connectivity index (χ1n) is 6.22. The van der Waals surface area contributed by atoms with Gasteiger partial charge in [0.2, 0.25) is 5.91 Å². The van der Waals surface area contributed by atoms with E-state index in [0.29, 0.717) is 19.6 Å². The van der Waals surface area contributed by atoms with Gasteiger partial charge in [-0.3, -0.25) is 4.79 Å². The zero-order chi connectivity index (χ0) is 13.4. The van der Waals surface area contributed by atoms with Gasteiger partial charge in [-0.05, 0) is 18.1 Å². The van der Waals surface area contributed by atoms with Crippen molar-refractivity contribution in [1.29, 1.82) is 0 Å². The topological polar surface area (TPSA) is 58.6 Å². The van der Waals surface area contributed by atoms with E-state index < -0.39 is 6.10 Å². The van der Waals surface area contributed by atoms with Crippen LogP contribution in [0.2, 0.25) is 0 Å². The van der Waals surface area contributed by atoms with Crippen molar-refractivity contribution in [2.75, 3.05) is 13.2 Å². The molecule has 0 fully saturated rings. The van der Waals surface area contributed by atoms with Crippen LogP contribution in [0.5, 0.6) is 5.75 Å². The van der Waals surface area contributed by atoms with E-state index in [1.54, 1.807) is 0 Å². The van der Waals surface area contributed by atoms with Crippen molar-refractivity contribution in [2.24, 2.45) is 5.92 Å². The summed E-state index contributed by atoms with van der Waals surface area (Å²) in [5, 5.41) is 12.2. The van der Waals surface area contributed by atoms with Gasteiger partial charge >= 0.3 is 0 Å². The molecule has 0 heterocycles. The van der Waals surface area contributed by atoms with Crippen LogP contribution >= 0.6 is 0 Å². The Morgan fingerprint density at radius 2 is 2.00 bits per heavy atom. The molecule has 1 unspecified atom stereocenters. The van der Waals surface area contributed by atoms with Crippen LogP contribution in [0.4, 0.5) is 0 Å². The minimum Gasteiger partial charge on any atom is -0.493 e. The fourth-order valence-electron chi connectivity index (χ4n) is 1.32. The first-order chi connectivity index (χ1) is 8.59. The predicted molar refractivity (Wildman–Crippen MR) is 70.4 cm³/mol. The van der Waals surface area contributed by atoms with Crippen LogP contribution < -0.4 is 10.1 Å². The van der Waals surface area contributed by atoms with Crippen LogP contribution in [-0.4, -0.2) is 30.3 Å². The summed E-state index contributed by atoms with van der Waals surface area (Å²) in [7, 11) is 0. The van der Waals surface area contributed by atoms with Crippen molar-refractivity contribution in [3.63, 3.8) is 0 Å². The van der Waals surface area contributed by atoms with E-state index in [4.69, 9.17) is 4.74 Å². The molecule has 0 radical (unpaired) electrons. The van der Waals surface area contributed by atoms with Crippen molar-refractivity contribution in [2.45, 2.75) is 26.4 Å². The monoisotopic (exact) mass is 251 g/mol. The number of ether oxygens (including phenoxy) is 1. The molecule has 1 amide bonds. The second-order valence-corrected chi connectivity index (χ2v) is 4.53. The SMILES string of the molecule is CC(C)C(O)CNC(=O)CCOc1ccccc1. The van der Waals surface area contributed by atoms with Gasteiger partial charge in [0.05, 0.1) is 19.1 Å². The Hall–Kier alpha value is -1.55. The van der Waals surface area contributed by atoms with E-state index in [2.05, 4.69) is 5.32 Å². The lowest BCUT2D eigenvalue weighted by molar-refractivity contribution is -0.122. The number of nitrogens with one attached hydrogen (secondary N) is 1. The van der Waals surface area contributed by atoms with Crippen LogP contribution in [0.25, 0.3) is 0 Å². The number of rotatable bonds is 7. The van der Waals surface area contributed by atoms with Crippen molar-refractivity contribution in [3.8, 4) is 5.75 Å². The number of aliphatic hydroxyl groups excluding tert-OH is 1. The average molecular weight is 251 g/mol. The van der Waals surface area contributed by atoms with Crippen molar-refractivity contribution >= 4 is 5.91 Å². The van der Waals surface area contributed by atoms with Gasteiger partial charge in [-0.25, -0.2) is 0 Å². The molecular weight excluding hydrogens is 230 g/mol. The quantitative estimate of drug-likeness (QED) is 0.773. The van der Waals surface area contributed by atoms with Gasteiger partial charge in [0, 0.05) is 6.54 Å². The van der Waals surface area contributed by atoms with Crippen molar-refractivity contribution < 1.29 is 14.6 Å². The highest BCUT2D eigenvalue weighted by atomic mass is 16.5. The maximum absolute atomic E-state index is 11.5. The second kappa shape index (κ2) is 7.71. The summed E-state index contributed by atoms with van der Waals surface area (Å²) in [6.45, 7) is 4.46. The van der Waals surface area contributed by atoms with Crippen LogP contribution in [0, 0.1) is 5.92 Å². The number of para-hydroxylation sites is 1. The molecule has 18 heavy (non-hydrogen) atoms. The molecule has 1 aromatic carbocycles. The van der Waals surface area contributed by atoms with Gasteiger partial charge < -0.3 is 15.2 Å². The van der Waals surface area contributed by atoms with Gasteiger partial charge in [0.15, 0.2) is 0 Å². The predicted octanol–water partition coefficient (Wildman–Crippen LogP) is 1.59. The lowest BCUT2D eigenvalue weighted by Gasteiger charge is -2.15. The molecule has 0 aliphatic carbocycles. The Bertz CT molecular complexity index is 351. The summed E-state index contributed by atoms with van der Waals surface area (Å²) in [5.74, 6) is 0.795. The van der Waals surface area contributed by atoms with E-state index in [0.717, 1.165) is 5.75 Å². The first-order valence-corrected chi connectivity index (χ1v) is 6.22. The van der Waals surface area contributed by atoms with Gasteiger partial charge in [0.1, 0.15) is 5.75 Å². The van der Waals surface area contributed by atoms with Crippen LogP contribution in [-0.2, 0) is 4.79 Å². The second-order valence-electron chi connectivity index (χ2n) is 4.53. The molecule has 0 bridgehead atoms.